The van der Waals surface area contributed by atoms with Gasteiger partial charge in [0, 0.05) is 17.3 Å². The molecule has 0 aliphatic carbocycles. The second-order valence-electron chi connectivity index (χ2n) is 7.62. The Hall–Kier alpha value is -3.21. The number of amides is 1. The molecular weight excluding hydrogens is 502 g/mol. The molecule has 1 aliphatic rings. The quantitative estimate of drug-likeness (QED) is 0.479. The Kier molecular flexibility index (Phi) is 7.25. The first-order chi connectivity index (χ1) is 16.7. The lowest BCUT2D eigenvalue weighted by Gasteiger charge is -2.35. The fourth-order valence-corrected chi connectivity index (χ4v) is 5.22. The van der Waals surface area contributed by atoms with Crippen LogP contribution < -0.4 is 14.4 Å². The number of halogens is 3. The number of nitrogens with zero attached hydrogens (tertiary/aromatic N) is 1. The number of carbonyl (C=O) groups excluding carboxylic acids is 1. The Balaban J connectivity index is 1.71. The van der Waals surface area contributed by atoms with E-state index >= 15 is 0 Å². The number of benzene rings is 3. The van der Waals surface area contributed by atoms with E-state index in [4.69, 9.17) is 21.1 Å². The van der Waals surface area contributed by atoms with Gasteiger partial charge in [0.1, 0.15) is 29.1 Å². The number of hydrogen-bond acceptors (Lipinski definition) is 5. The molecule has 4 rings (SSSR count). The Morgan fingerprint density at radius 2 is 1.83 bits per heavy atom. The lowest BCUT2D eigenvalue weighted by atomic mass is 10.1. The van der Waals surface area contributed by atoms with Gasteiger partial charge in [-0.2, -0.15) is 0 Å². The van der Waals surface area contributed by atoms with Crippen molar-refractivity contribution in [1.29, 1.82) is 0 Å². The van der Waals surface area contributed by atoms with Crippen LogP contribution in [0, 0.1) is 11.6 Å². The van der Waals surface area contributed by atoms with Crippen molar-refractivity contribution in [3.63, 3.8) is 0 Å². The molecule has 0 bridgehead atoms. The number of fused-ring (bicyclic) bond motifs is 1. The summed E-state index contributed by atoms with van der Waals surface area (Å²) in [5, 5.41) is 2.80. The highest BCUT2D eigenvalue weighted by Crippen LogP contribution is 2.39. The Morgan fingerprint density at radius 1 is 1.14 bits per heavy atom. The molecule has 3 aromatic carbocycles. The van der Waals surface area contributed by atoms with E-state index in [1.165, 1.54) is 42.5 Å². The topological polar surface area (TPSA) is 84.9 Å². The molecule has 0 aromatic heterocycles. The van der Waals surface area contributed by atoms with E-state index < -0.39 is 39.2 Å². The summed E-state index contributed by atoms with van der Waals surface area (Å²) in [6.45, 7) is 2.34. The number of nitrogens with one attached hydrogen (secondary N) is 1. The van der Waals surface area contributed by atoms with E-state index in [0.29, 0.717) is 11.6 Å². The number of hydrogen-bond donors (Lipinski definition) is 1. The Morgan fingerprint density at radius 3 is 2.49 bits per heavy atom. The third kappa shape index (κ3) is 5.24. The summed E-state index contributed by atoms with van der Waals surface area (Å²) in [6, 6.07) is 13.1. The SMILES string of the molecule is CCOCC1CN(S(=O)(=O)c2ccc(Cl)cc2)c2cc(NC(=O)c3c(F)cccc3F)ccc2O1. The van der Waals surface area contributed by atoms with Gasteiger partial charge >= 0.3 is 0 Å². The van der Waals surface area contributed by atoms with Crippen LogP contribution >= 0.6 is 11.6 Å². The molecule has 0 saturated heterocycles. The molecule has 1 heterocycles. The Bertz CT molecular complexity index is 1330. The van der Waals surface area contributed by atoms with Crippen molar-refractivity contribution >= 4 is 38.9 Å². The van der Waals surface area contributed by atoms with Crippen molar-refractivity contribution in [2.75, 3.05) is 29.4 Å². The molecule has 1 amide bonds. The minimum atomic E-state index is -4.05. The van der Waals surface area contributed by atoms with Gasteiger partial charge in [0.2, 0.25) is 0 Å². The van der Waals surface area contributed by atoms with Gasteiger partial charge in [-0.3, -0.25) is 9.10 Å². The third-order valence-electron chi connectivity index (χ3n) is 5.25. The number of carbonyl (C=O) groups is 1. The van der Waals surface area contributed by atoms with E-state index in [0.717, 1.165) is 22.5 Å². The normalized spacial score (nSPS) is 15.3. The maximum absolute atomic E-state index is 14.0. The standard InChI is InChI=1S/C24H21ClF2N2O5S/c1-2-33-14-17-13-29(35(31,32)18-9-6-15(25)7-10-18)21-12-16(8-11-22(21)34-17)28-24(30)23-19(26)4-3-5-20(23)27/h3-12,17H,2,13-14H2,1H3,(H,28,30). The molecule has 7 nitrogen and oxygen atoms in total. The second kappa shape index (κ2) is 10.2. The average molecular weight is 523 g/mol. The minimum Gasteiger partial charge on any atom is -0.484 e. The van der Waals surface area contributed by atoms with Crippen LogP contribution in [0.4, 0.5) is 20.2 Å². The molecule has 35 heavy (non-hydrogen) atoms. The van der Waals surface area contributed by atoms with Gasteiger partial charge < -0.3 is 14.8 Å². The van der Waals surface area contributed by atoms with Crippen LogP contribution in [0.3, 0.4) is 0 Å². The van der Waals surface area contributed by atoms with Crippen molar-refractivity contribution in [2.24, 2.45) is 0 Å². The molecule has 1 aliphatic heterocycles. The third-order valence-corrected chi connectivity index (χ3v) is 7.29. The molecule has 1 unspecified atom stereocenters. The van der Waals surface area contributed by atoms with Crippen molar-refractivity contribution < 1.29 is 31.5 Å². The highest BCUT2D eigenvalue weighted by atomic mass is 35.5. The maximum atomic E-state index is 14.0. The molecule has 184 valence electrons. The second-order valence-corrected chi connectivity index (χ2v) is 9.92. The summed E-state index contributed by atoms with van der Waals surface area (Å²) in [6.07, 6.45) is -0.586. The number of anilines is 2. The molecule has 0 spiro atoms. The summed E-state index contributed by atoms with van der Waals surface area (Å²) < 4.78 is 67.6. The predicted molar refractivity (Wildman–Crippen MR) is 128 cm³/mol. The molecule has 1 N–H and O–H groups in total. The summed E-state index contributed by atoms with van der Waals surface area (Å²) in [7, 11) is -4.05. The first kappa shape index (κ1) is 24.9. The predicted octanol–water partition coefficient (Wildman–Crippen LogP) is 4.86. The average Bonchev–Trinajstić information content (AvgIpc) is 2.82. The van der Waals surface area contributed by atoms with Gasteiger partial charge in [-0.1, -0.05) is 17.7 Å². The monoisotopic (exact) mass is 522 g/mol. The van der Waals surface area contributed by atoms with E-state index in [2.05, 4.69) is 5.32 Å². The Labute approximate surface area is 206 Å². The smallest absolute Gasteiger partial charge is 0.264 e. The van der Waals surface area contributed by atoms with Crippen LogP contribution in [0.1, 0.15) is 17.3 Å². The first-order valence-corrected chi connectivity index (χ1v) is 12.4. The summed E-state index contributed by atoms with van der Waals surface area (Å²) in [5.41, 5.74) is -0.469. The maximum Gasteiger partial charge on any atom is 0.264 e. The zero-order valence-electron chi connectivity index (χ0n) is 18.5. The molecule has 3 aromatic rings. The zero-order valence-corrected chi connectivity index (χ0v) is 20.1. The minimum absolute atomic E-state index is 0.00720. The van der Waals surface area contributed by atoms with Gasteiger partial charge in [-0.05, 0) is 61.5 Å². The fraction of sp³-hybridized carbons (Fsp3) is 0.208. The summed E-state index contributed by atoms with van der Waals surface area (Å²) in [5.74, 6) is -2.81. The number of sulfonamides is 1. The van der Waals surface area contributed by atoms with Gasteiger partial charge in [0.25, 0.3) is 15.9 Å². The fourth-order valence-electron chi connectivity index (χ4n) is 3.60. The van der Waals surface area contributed by atoms with Crippen LogP contribution in [0.5, 0.6) is 5.75 Å². The van der Waals surface area contributed by atoms with Crippen LogP contribution in [-0.4, -0.2) is 40.2 Å². The van der Waals surface area contributed by atoms with Crippen LogP contribution in [0.15, 0.2) is 65.6 Å². The largest absolute Gasteiger partial charge is 0.484 e. The highest BCUT2D eigenvalue weighted by Gasteiger charge is 2.35. The van der Waals surface area contributed by atoms with Gasteiger partial charge in [0.15, 0.2) is 0 Å². The van der Waals surface area contributed by atoms with Crippen molar-refractivity contribution in [1.82, 2.24) is 0 Å². The van der Waals surface area contributed by atoms with Crippen molar-refractivity contribution in [3.05, 3.63) is 82.9 Å². The molecule has 0 saturated carbocycles. The zero-order chi connectivity index (χ0) is 25.2. The van der Waals surface area contributed by atoms with E-state index in [1.54, 1.807) is 0 Å². The number of rotatable bonds is 7. The van der Waals surface area contributed by atoms with E-state index in [1.807, 2.05) is 6.92 Å². The molecule has 0 fully saturated rings. The van der Waals surface area contributed by atoms with Gasteiger partial charge in [0.05, 0.1) is 23.7 Å². The van der Waals surface area contributed by atoms with Crippen LogP contribution in [0.2, 0.25) is 5.02 Å². The van der Waals surface area contributed by atoms with E-state index in [9.17, 15) is 22.0 Å². The van der Waals surface area contributed by atoms with Crippen molar-refractivity contribution in [3.8, 4) is 5.75 Å². The number of ether oxygens (including phenoxy) is 2. The van der Waals surface area contributed by atoms with Crippen LogP contribution in [-0.2, 0) is 14.8 Å². The van der Waals surface area contributed by atoms with E-state index in [-0.39, 0.29) is 35.2 Å². The van der Waals surface area contributed by atoms with Gasteiger partial charge in [-0.15, -0.1) is 0 Å². The molecular formula is C24H21ClF2N2O5S. The highest BCUT2D eigenvalue weighted by molar-refractivity contribution is 7.92. The lowest BCUT2D eigenvalue weighted by molar-refractivity contribution is 0.0577. The first-order valence-electron chi connectivity index (χ1n) is 10.6. The lowest BCUT2D eigenvalue weighted by Crippen LogP contribution is -2.45. The molecule has 11 heteroatoms. The van der Waals surface area contributed by atoms with Gasteiger partial charge in [-0.25, -0.2) is 17.2 Å². The van der Waals surface area contributed by atoms with Crippen LogP contribution in [0.25, 0.3) is 0 Å². The van der Waals surface area contributed by atoms with Crippen molar-refractivity contribution in [2.45, 2.75) is 17.9 Å². The molecule has 0 radical (unpaired) electrons. The molecule has 1 atom stereocenters. The summed E-state index contributed by atoms with van der Waals surface area (Å²) >= 11 is 5.91. The summed E-state index contributed by atoms with van der Waals surface area (Å²) in [4.78, 5) is 12.5.